The van der Waals surface area contributed by atoms with Crippen molar-refractivity contribution in [3.05, 3.63) is 35.9 Å². The molecule has 0 amide bonds. The van der Waals surface area contributed by atoms with E-state index in [1.165, 1.54) is 31.6 Å². The molecule has 2 N–H and O–H groups in total. The maximum absolute atomic E-state index is 5.65. The molecule has 0 saturated carbocycles. The summed E-state index contributed by atoms with van der Waals surface area (Å²) in [6, 6.07) is 11.4. The van der Waals surface area contributed by atoms with Crippen molar-refractivity contribution in [2.45, 2.75) is 32.9 Å². The Morgan fingerprint density at radius 2 is 2.05 bits per heavy atom. The molecule has 1 aromatic carbocycles. The molecular weight excluding hydrogens is 246 g/mol. The molecule has 112 valence electrons. The van der Waals surface area contributed by atoms with E-state index in [0.29, 0.717) is 6.04 Å². The maximum atomic E-state index is 5.65. The first-order valence-corrected chi connectivity index (χ1v) is 7.89. The molecule has 1 atom stereocenters. The van der Waals surface area contributed by atoms with Gasteiger partial charge < -0.3 is 10.6 Å². The first-order valence-electron chi connectivity index (χ1n) is 7.89. The predicted octanol–water partition coefficient (Wildman–Crippen LogP) is 2.18. The number of nitrogens with zero attached hydrogens (tertiary/aromatic N) is 2. The molecule has 3 nitrogen and oxygen atoms in total. The summed E-state index contributed by atoms with van der Waals surface area (Å²) in [6.45, 7) is 11.1. The summed E-state index contributed by atoms with van der Waals surface area (Å²) in [5, 5.41) is 0. The fourth-order valence-corrected chi connectivity index (χ4v) is 3.06. The zero-order chi connectivity index (χ0) is 14.4. The van der Waals surface area contributed by atoms with E-state index >= 15 is 0 Å². The van der Waals surface area contributed by atoms with Crippen LogP contribution in [0.15, 0.2) is 30.3 Å². The topological polar surface area (TPSA) is 32.5 Å². The summed E-state index contributed by atoms with van der Waals surface area (Å²) in [5.41, 5.74) is 7.07. The largest absolute Gasteiger partial charge is 0.329 e. The van der Waals surface area contributed by atoms with Crippen LogP contribution in [0, 0.1) is 5.92 Å². The minimum Gasteiger partial charge on any atom is -0.329 e. The van der Waals surface area contributed by atoms with Gasteiger partial charge in [-0.05, 0) is 38.3 Å². The first-order chi connectivity index (χ1) is 9.69. The zero-order valence-electron chi connectivity index (χ0n) is 13.0. The highest BCUT2D eigenvalue weighted by Crippen LogP contribution is 2.19. The lowest BCUT2D eigenvalue weighted by Gasteiger charge is -2.29. The number of nitrogens with two attached hydrogens (primary N) is 1. The van der Waals surface area contributed by atoms with E-state index in [9.17, 15) is 0 Å². The van der Waals surface area contributed by atoms with Crippen molar-refractivity contribution in [3.8, 4) is 0 Å². The van der Waals surface area contributed by atoms with Gasteiger partial charge in [0, 0.05) is 38.8 Å². The Morgan fingerprint density at radius 1 is 1.30 bits per heavy atom. The number of rotatable bonds is 7. The molecule has 1 aliphatic heterocycles. The minimum absolute atomic E-state index is 0.596. The van der Waals surface area contributed by atoms with E-state index in [1.807, 2.05) is 0 Å². The third-order valence-corrected chi connectivity index (χ3v) is 4.27. The van der Waals surface area contributed by atoms with Gasteiger partial charge in [0.05, 0.1) is 0 Å². The Bertz CT molecular complexity index is 377. The Morgan fingerprint density at radius 3 is 2.70 bits per heavy atom. The van der Waals surface area contributed by atoms with Crippen LogP contribution in [0.4, 0.5) is 0 Å². The highest BCUT2D eigenvalue weighted by atomic mass is 15.2. The Labute approximate surface area is 123 Å². The van der Waals surface area contributed by atoms with E-state index in [2.05, 4.69) is 54.0 Å². The molecule has 2 rings (SSSR count). The van der Waals surface area contributed by atoms with Gasteiger partial charge in [-0.3, -0.25) is 4.90 Å². The van der Waals surface area contributed by atoms with E-state index in [-0.39, 0.29) is 0 Å². The van der Waals surface area contributed by atoms with Crippen LogP contribution in [0.5, 0.6) is 0 Å². The van der Waals surface area contributed by atoms with E-state index in [4.69, 9.17) is 5.73 Å². The smallest absolute Gasteiger partial charge is 0.0236 e. The molecule has 1 aromatic rings. The fraction of sp³-hybridized carbons (Fsp3) is 0.647. The van der Waals surface area contributed by atoms with Crippen LogP contribution in [0.2, 0.25) is 0 Å². The molecule has 0 bridgehead atoms. The highest BCUT2D eigenvalue weighted by molar-refractivity contribution is 5.14. The summed E-state index contributed by atoms with van der Waals surface area (Å²) in [6.07, 6.45) is 1.32. The monoisotopic (exact) mass is 275 g/mol. The van der Waals surface area contributed by atoms with Gasteiger partial charge in [0.1, 0.15) is 0 Å². The Kier molecular flexibility index (Phi) is 6.02. The van der Waals surface area contributed by atoms with Crippen LogP contribution in [0.3, 0.4) is 0 Å². The molecule has 20 heavy (non-hydrogen) atoms. The van der Waals surface area contributed by atoms with Gasteiger partial charge in [-0.1, -0.05) is 30.3 Å². The van der Waals surface area contributed by atoms with Crippen molar-refractivity contribution in [2.75, 3.05) is 32.7 Å². The lowest BCUT2D eigenvalue weighted by atomic mass is 10.1. The molecule has 0 unspecified atom stereocenters. The van der Waals surface area contributed by atoms with Crippen LogP contribution in [-0.2, 0) is 6.54 Å². The average molecular weight is 275 g/mol. The van der Waals surface area contributed by atoms with Crippen molar-refractivity contribution in [1.82, 2.24) is 9.80 Å². The maximum Gasteiger partial charge on any atom is 0.0236 e. The third kappa shape index (κ3) is 4.58. The molecule has 1 heterocycles. The van der Waals surface area contributed by atoms with Crippen molar-refractivity contribution in [2.24, 2.45) is 11.7 Å². The second-order valence-electron chi connectivity index (χ2n) is 6.25. The van der Waals surface area contributed by atoms with Gasteiger partial charge in [0.2, 0.25) is 0 Å². The second-order valence-corrected chi connectivity index (χ2v) is 6.25. The summed E-state index contributed by atoms with van der Waals surface area (Å²) in [4.78, 5) is 5.11. The van der Waals surface area contributed by atoms with Gasteiger partial charge in [-0.25, -0.2) is 0 Å². The minimum atomic E-state index is 0.596. The summed E-state index contributed by atoms with van der Waals surface area (Å²) >= 11 is 0. The third-order valence-electron chi connectivity index (χ3n) is 4.27. The molecule has 3 heteroatoms. The van der Waals surface area contributed by atoms with E-state index in [1.54, 1.807) is 0 Å². The summed E-state index contributed by atoms with van der Waals surface area (Å²) in [7, 11) is 0. The molecule has 0 aliphatic carbocycles. The van der Waals surface area contributed by atoms with E-state index in [0.717, 1.165) is 25.6 Å². The van der Waals surface area contributed by atoms with Crippen LogP contribution in [0.1, 0.15) is 25.8 Å². The van der Waals surface area contributed by atoms with Crippen LogP contribution in [-0.4, -0.2) is 48.6 Å². The zero-order valence-corrected chi connectivity index (χ0v) is 13.0. The fourth-order valence-electron chi connectivity index (χ4n) is 3.06. The molecule has 1 aliphatic rings. The first kappa shape index (κ1) is 15.5. The van der Waals surface area contributed by atoms with E-state index < -0.39 is 0 Å². The van der Waals surface area contributed by atoms with Gasteiger partial charge in [0.15, 0.2) is 0 Å². The number of benzene rings is 1. The van der Waals surface area contributed by atoms with Gasteiger partial charge in [-0.15, -0.1) is 0 Å². The molecule has 1 saturated heterocycles. The summed E-state index contributed by atoms with van der Waals surface area (Å²) in [5.74, 6) is 0.799. The number of hydrogen-bond donors (Lipinski definition) is 1. The van der Waals surface area contributed by atoms with Crippen molar-refractivity contribution in [3.63, 3.8) is 0 Å². The predicted molar refractivity (Wildman–Crippen MR) is 85.6 cm³/mol. The lowest BCUT2D eigenvalue weighted by Crippen LogP contribution is -2.36. The standard InChI is InChI=1S/C17H29N3/c1-15(2)20(13-16-6-4-3-5-7-16)14-17-8-10-19(12-17)11-9-18/h3-7,15,17H,8-14,18H2,1-2H3/t17-/m1/s1. The SMILES string of the molecule is CC(C)N(Cc1ccccc1)C[C@@H]1CCN(CCN)C1. The van der Waals surface area contributed by atoms with Crippen LogP contribution < -0.4 is 5.73 Å². The second kappa shape index (κ2) is 7.77. The van der Waals surface area contributed by atoms with Crippen LogP contribution >= 0.6 is 0 Å². The van der Waals surface area contributed by atoms with Crippen molar-refractivity contribution < 1.29 is 0 Å². The summed E-state index contributed by atoms with van der Waals surface area (Å²) < 4.78 is 0. The van der Waals surface area contributed by atoms with Gasteiger partial charge >= 0.3 is 0 Å². The van der Waals surface area contributed by atoms with Gasteiger partial charge in [0.25, 0.3) is 0 Å². The molecular formula is C17H29N3. The number of likely N-dealkylation sites (tertiary alicyclic amines) is 1. The highest BCUT2D eigenvalue weighted by Gasteiger charge is 2.24. The number of hydrogen-bond acceptors (Lipinski definition) is 3. The van der Waals surface area contributed by atoms with Crippen LogP contribution in [0.25, 0.3) is 0 Å². The lowest BCUT2D eigenvalue weighted by molar-refractivity contribution is 0.177. The Hall–Kier alpha value is -0.900. The molecule has 0 spiro atoms. The quantitative estimate of drug-likeness (QED) is 0.828. The van der Waals surface area contributed by atoms with Crippen molar-refractivity contribution in [1.29, 1.82) is 0 Å². The molecule has 0 radical (unpaired) electrons. The average Bonchev–Trinajstić information content (AvgIpc) is 2.87. The Balaban J connectivity index is 1.87. The molecule has 0 aromatic heterocycles. The molecule has 1 fully saturated rings. The van der Waals surface area contributed by atoms with Crippen molar-refractivity contribution >= 4 is 0 Å². The normalized spacial score (nSPS) is 20.1. The van der Waals surface area contributed by atoms with Gasteiger partial charge in [-0.2, -0.15) is 0 Å².